The van der Waals surface area contributed by atoms with Crippen LogP contribution in [0.15, 0.2) is 36.7 Å². The minimum absolute atomic E-state index is 0.194. The fourth-order valence-corrected chi connectivity index (χ4v) is 6.83. The van der Waals surface area contributed by atoms with Gasteiger partial charge in [-0.3, -0.25) is 9.69 Å². The van der Waals surface area contributed by atoms with Crippen LogP contribution in [-0.2, 0) is 13.0 Å². The van der Waals surface area contributed by atoms with Gasteiger partial charge in [0, 0.05) is 35.4 Å². The Labute approximate surface area is 215 Å². The first-order valence-corrected chi connectivity index (χ1v) is 13.2. The SMILES string of the molecule is NC(=O)c1cc2cc(CN3CCC4(CC3)CCN(c3ncnc5sc(CC(F)(F)F)cc35)C4)ccc2[nH]1. The van der Waals surface area contributed by atoms with Crippen molar-refractivity contribution in [3.63, 3.8) is 0 Å². The molecule has 2 fully saturated rings. The number of hydrogen-bond donors (Lipinski definition) is 2. The van der Waals surface area contributed by atoms with Gasteiger partial charge >= 0.3 is 6.18 Å². The Morgan fingerprint density at radius 1 is 1.11 bits per heavy atom. The lowest BCUT2D eigenvalue weighted by Gasteiger charge is -2.39. The zero-order chi connectivity index (χ0) is 25.8. The second-order valence-electron chi connectivity index (χ2n) is 10.3. The van der Waals surface area contributed by atoms with E-state index in [-0.39, 0.29) is 10.3 Å². The number of rotatable bonds is 5. The molecule has 3 N–H and O–H groups in total. The number of primary amides is 1. The highest BCUT2D eigenvalue weighted by Crippen LogP contribution is 2.43. The lowest BCUT2D eigenvalue weighted by atomic mass is 9.77. The molecule has 6 rings (SSSR count). The minimum atomic E-state index is -4.24. The Balaban J connectivity index is 1.11. The van der Waals surface area contributed by atoms with E-state index in [0.717, 1.165) is 85.4 Å². The predicted octanol–water partition coefficient (Wildman–Crippen LogP) is 4.87. The van der Waals surface area contributed by atoms with Crippen LogP contribution in [0.2, 0.25) is 0 Å². The van der Waals surface area contributed by atoms with E-state index in [1.807, 2.05) is 6.07 Å². The van der Waals surface area contributed by atoms with Crippen LogP contribution in [0.25, 0.3) is 21.1 Å². The van der Waals surface area contributed by atoms with Crippen molar-refractivity contribution < 1.29 is 18.0 Å². The Kier molecular flexibility index (Phi) is 5.87. The van der Waals surface area contributed by atoms with Gasteiger partial charge in [0.05, 0.1) is 11.8 Å². The second kappa shape index (κ2) is 8.98. The maximum absolute atomic E-state index is 12.9. The second-order valence-corrected chi connectivity index (χ2v) is 11.5. The summed E-state index contributed by atoms with van der Waals surface area (Å²) in [6, 6.07) is 9.59. The first-order chi connectivity index (χ1) is 17.7. The summed E-state index contributed by atoms with van der Waals surface area (Å²) in [5.74, 6) is 0.289. The molecule has 0 atom stereocenters. The van der Waals surface area contributed by atoms with Gasteiger partial charge in [0.2, 0.25) is 0 Å². The van der Waals surface area contributed by atoms with Crippen LogP contribution >= 0.6 is 11.3 Å². The van der Waals surface area contributed by atoms with E-state index in [9.17, 15) is 18.0 Å². The molecule has 11 heteroatoms. The van der Waals surface area contributed by atoms with Crippen LogP contribution in [0, 0.1) is 5.41 Å². The fourth-order valence-electron chi connectivity index (χ4n) is 5.81. The average molecular weight is 529 g/mol. The molecule has 2 aliphatic rings. The number of aromatic nitrogens is 3. The van der Waals surface area contributed by atoms with Gasteiger partial charge in [0.25, 0.3) is 5.91 Å². The smallest absolute Gasteiger partial charge is 0.364 e. The number of nitrogens with one attached hydrogen (secondary N) is 1. The van der Waals surface area contributed by atoms with Crippen LogP contribution < -0.4 is 10.6 Å². The maximum Gasteiger partial charge on any atom is 0.393 e. The van der Waals surface area contributed by atoms with Gasteiger partial charge in [-0.1, -0.05) is 6.07 Å². The van der Waals surface area contributed by atoms with Crippen LogP contribution in [0.5, 0.6) is 0 Å². The summed E-state index contributed by atoms with van der Waals surface area (Å²) in [6.45, 7) is 4.53. The molecule has 0 bridgehead atoms. The number of halogens is 3. The molecule has 5 heterocycles. The molecular weight excluding hydrogens is 501 g/mol. The van der Waals surface area contributed by atoms with E-state index in [4.69, 9.17) is 5.73 Å². The highest BCUT2D eigenvalue weighted by molar-refractivity contribution is 7.18. The number of fused-ring (bicyclic) bond motifs is 2. The molecule has 1 aromatic carbocycles. The molecule has 3 aromatic heterocycles. The summed E-state index contributed by atoms with van der Waals surface area (Å²) >= 11 is 1.10. The third kappa shape index (κ3) is 4.89. The van der Waals surface area contributed by atoms with Crippen molar-refractivity contribution in [2.45, 2.75) is 38.4 Å². The third-order valence-corrected chi connectivity index (χ3v) is 8.79. The van der Waals surface area contributed by atoms with Gasteiger partial charge in [-0.2, -0.15) is 13.2 Å². The molecule has 0 aliphatic carbocycles. The number of alkyl halides is 3. The average Bonchev–Trinajstić information content (AvgIpc) is 3.56. The van der Waals surface area contributed by atoms with Crippen LogP contribution in [0.3, 0.4) is 0 Å². The molecular formula is C26H27F3N6OS. The number of amides is 1. The topological polar surface area (TPSA) is 91.1 Å². The number of hydrogen-bond acceptors (Lipinski definition) is 6. The largest absolute Gasteiger partial charge is 0.393 e. The zero-order valence-electron chi connectivity index (χ0n) is 20.1. The van der Waals surface area contributed by atoms with Gasteiger partial charge < -0.3 is 15.6 Å². The molecule has 194 valence electrons. The van der Waals surface area contributed by atoms with Crippen molar-refractivity contribution in [3.05, 3.63) is 52.8 Å². The summed E-state index contributed by atoms with van der Waals surface area (Å²) in [5.41, 5.74) is 8.09. The Morgan fingerprint density at radius 2 is 1.89 bits per heavy atom. The first kappa shape index (κ1) is 24.2. The van der Waals surface area contributed by atoms with Crippen molar-refractivity contribution in [1.82, 2.24) is 19.9 Å². The van der Waals surface area contributed by atoms with E-state index >= 15 is 0 Å². The van der Waals surface area contributed by atoms with E-state index in [1.165, 1.54) is 11.9 Å². The number of carbonyl (C=O) groups is 1. The quantitative estimate of drug-likeness (QED) is 0.386. The normalized spacial score (nSPS) is 18.4. The van der Waals surface area contributed by atoms with Crippen molar-refractivity contribution in [2.75, 3.05) is 31.1 Å². The minimum Gasteiger partial charge on any atom is -0.364 e. The predicted molar refractivity (Wildman–Crippen MR) is 138 cm³/mol. The highest BCUT2D eigenvalue weighted by Gasteiger charge is 2.41. The van der Waals surface area contributed by atoms with Crippen LogP contribution in [-0.4, -0.2) is 58.1 Å². The number of thiophene rings is 1. The van der Waals surface area contributed by atoms with Gasteiger partial charge in [-0.15, -0.1) is 11.3 Å². The van der Waals surface area contributed by atoms with Crippen molar-refractivity contribution in [2.24, 2.45) is 11.1 Å². The van der Waals surface area contributed by atoms with E-state index in [0.29, 0.717) is 10.5 Å². The Bertz CT molecular complexity index is 1470. The van der Waals surface area contributed by atoms with E-state index in [1.54, 1.807) is 12.1 Å². The molecule has 1 spiro atoms. The number of anilines is 1. The van der Waals surface area contributed by atoms with Crippen molar-refractivity contribution in [1.29, 1.82) is 0 Å². The third-order valence-electron chi connectivity index (χ3n) is 7.75. The number of carbonyl (C=O) groups excluding carboxylic acids is 1. The van der Waals surface area contributed by atoms with E-state index < -0.39 is 18.5 Å². The first-order valence-electron chi connectivity index (χ1n) is 12.4. The number of nitrogens with two attached hydrogens (primary N) is 1. The van der Waals surface area contributed by atoms with Crippen LogP contribution in [0.4, 0.5) is 19.0 Å². The number of benzene rings is 1. The van der Waals surface area contributed by atoms with Crippen LogP contribution in [0.1, 0.15) is 40.2 Å². The molecule has 0 radical (unpaired) electrons. The van der Waals surface area contributed by atoms with E-state index in [2.05, 4.69) is 36.9 Å². The number of piperidine rings is 1. The summed E-state index contributed by atoms with van der Waals surface area (Å²) in [7, 11) is 0. The Hall–Kier alpha value is -3.18. The van der Waals surface area contributed by atoms with Gasteiger partial charge in [0.1, 0.15) is 22.7 Å². The highest BCUT2D eigenvalue weighted by atomic mass is 32.1. The Morgan fingerprint density at radius 3 is 2.65 bits per heavy atom. The molecule has 0 unspecified atom stereocenters. The number of H-pyrrole nitrogens is 1. The monoisotopic (exact) mass is 528 g/mol. The number of aromatic amines is 1. The summed E-state index contributed by atoms with van der Waals surface area (Å²) in [4.78, 5) is 28.8. The standard InChI is InChI=1S/C26H27F3N6OS/c27-26(28,29)12-18-11-19-23(31-15-32-24(19)37-18)35-8-5-25(14-35)3-6-34(7-4-25)13-16-1-2-20-17(9-16)10-21(33-20)22(30)36/h1-2,9-11,15,33H,3-8,12-14H2,(H2,30,36). The molecule has 7 nitrogen and oxygen atoms in total. The molecule has 37 heavy (non-hydrogen) atoms. The molecule has 2 aliphatic heterocycles. The summed E-state index contributed by atoms with van der Waals surface area (Å²) in [5, 5.41) is 1.70. The molecule has 1 amide bonds. The fraction of sp³-hybridized carbons (Fsp3) is 0.423. The number of nitrogens with zero attached hydrogens (tertiary/aromatic N) is 4. The summed E-state index contributed by atoms with van der Waals surface area (Å²) < 4.78 is 38.7. The van der Waals surface area contributed by atoms with Gasteiger partial charge in [-0.05, 0) is 67.6 Å². The lowest BCUT2D eigenvalue weighted by Crippen LogP contribution is -2.41. The van der Waals surface area contributed by atoms with Gasteiger partial charge in [0.15, 0.2) is 0 Å². The maximum atomic E-state index is 12.9. The number of likely N-dealkylation sites (tertiary alicyclic amines) is 1. The van der Waals surface area contributed by atoms with Gasteiger partial charge in [-0.25, -0.2) is 9.97 Å². The molecule has 0 saturated carbocycles. The lowest BCUT2D eigenvalue weighted by molar-refractivity contribution is -0.126. The van der Waals surface area contributed by atoms with Crippen molar-refractivity contribution >= 4 is 44.2 Å². The van der Waals surface area contributed by atoms with Crippen molar-refractivity contribution in [3.8, 4) is 0 Å². The zero-order valence-corrected chi connectivity index (χ0v) is 21.0. The summed E-state index contributed by atoms with van der Waals surface area (Å²) in [6.07, 6.45) is -0.516. The molecule has 2 saturated heterocycles. The molecule has 4 aromatic rings.